The SMILES string of the molecule is CC(CC(N)=S)C(=O)Nc1cccc(C#N)c1. The highest BCUT2D eigenvalue weighted by Gasteiger charge is 2.13. The van der Waals surface area contributed by atoms with Gasteiger partial charge in [0.05, 0.1) is 16.6 Å². The van der Waals surface area contributed by atoms with Gasteiger partial charge in [-0.05, 0) is 18.2 Å². The van der Waals surface area contributed by atoms with Crippen LogP contribution in [0, 0.1) is 17.2 Å². The first-order chi connectivity index (χ1) is 8.02. The van der Waals surface area contributed by atoms with Crippen LogP contribution in [0.3, 0.4) is 0 Å². The molecule has 1 aromatic carbocycles. The van der Waals surface area contributed by atoms with E-state index in [1.807, 2.05) is 6.07 Å². The van der Waals surface area contributed by atoms with Crippen molar-refractivity contribution in [2.75, 3.05) is 5.32 Å². The summed E-state index contributed by atoms with van der Waals surface area (Å²) in [5, 5.41) is 11.4. The zero-order chi connectivity index (χ0) is 12.8. The summed E-state index contributed by atoms with van der Waals surface area (Å²) >= 11 is 4.75. The number of nitrogens with two attached hydrogens (primary N) is 1. The van der Waals surface area contributed by atoms with Crippen molar-refractivity contribution < 1.29 is 4.79 Å². The zero-order valence-electron chi connectivity index (χ0n) is 9.43. The summed E-state index contributed by atoms with van der Waals surface area (Å²) in [6, 6.07) is 8.74. The van der Waals surface area contributed by atoms with Gasteiger partial charge in [0.1, 0.15) is 0 Å². The maximum absolute atomic E-state index is 11.7. The van der Waals surface area contributed by atoms with Gasteiger partial charge in [0.2, 0.25) is 5.91 Å². The molecule has 1 rings (SSSR count). The summed E-state index contributed by atoms with van der Waals surface area (Å²) < 4.78 is 0. The molecule has 1 atom stereocenters. The Morgan fingerprint density at radius 2 is 2.35 bits per heavy atom. The molecule has 3 N–H and O–H groups in total. The molecule has 0 aliphatic carbocycles. The fraction of sp³-hybridized carbons (Fsp3) is 0.250. The fourth-order valence-electron chi connectivity index (χ4n) is 1.33. The van der Waals surface area contributed by atoms with Gasteiger partial charge in [0.25, 0.3) is 0 Å². The van der Waals surface area contributed by atoms with E-state index in [9.17, 15) is 4.79 Å². The monoisotopic (exact) mass is 247 g/mol. The highest BCUT2D eigenvalue weighted by atomic mass is 32.1. The first-order valence-corrected chi connectivity index (χ1v) is 5.53. The van der Waals surface area contributed by atoms with Crippen LogP contribution in [0.15, 0.2) is 24.3 Å². The lowest BCUT2D eigenvalue weighted by molar-refractivity contribution is -0.119. The Kier molecular flexibility index (Phi) is 4.61. The average molecular weight is 247 g/mol. The van der Waals surface area contributed by atoms with Gasteiger partial charge in [0, 0.05) is 18.0 Å². The van der Waals surface area contributed by atoms with Gasteiger partial charge >= 0.3 is 0 Å². The molecule has 0 aliphatic heterocycles. The van der Waals surface area contributed by atoms with Crippen LogP contribution in [0.2, 0.25) is 0 Å². The van der Waals surface area contributed by atoms with Crippen molar-refractivity contribution in [2.45, 2.75) is 13.3 Å². The third kappa shape index (κ3) is 4.21. The van der Waals surface area contributed by atoms with Crippen molar-refractivity contribution in [3.63, 3.8) is 0 Å². The van der Waals surface area contributed by atoms with E-state index in [2.05, 4.69) is 5.32 Å². The number of nitriles is 1. The molecule has 0 aliphatic rings. The minimum atomic E-state index is -0.279. The largest absolute Gasteiger partial charge is 0.393 e. The van der Waals surface area contributed by atoms with Crippen molar-refractivity contribution in [3.05, 3.63) is 29.8 Å². The van der Waals surface area contributed by atoms with Gasteiger partial charge in [-0.3, -0.25) is 4.79 Å². The number of rotatable bonds is 4. The summed E-state index contributed by atoms with van der Waals surface area (Å²) in [5.41, 5.74) is 6.48. The third-order valence-corrected chi connectivity index (χ3v) is 2.38. The van der Waals surface area contributed by atoms with Crippen molar-refractivity contribution in [3.8, 4) is 6.07 Å². The maximum Gasteiger partial charge on any atom is 0.227 e. The minimum absolute atomic E-state index is 0.159. The van der Waals surface area contributed by atoms with Crippen molar-refractivity contribution in [1.82, 2.24) is 0 Å². The van der Waals surface area contributed by atoms with E-state index in [0.29, 0.717) is 22.7 Å². The second-order valence-corrected chi connectivity index (χ2v) is 4.28. The van der Waals surface area contributed by atoms with Crippen LogP contribution in [-0.4, -0.2) is 10.9 Å². The zero-order valence-corrected chi connectivity index (χ0v) is 10.3. The molecule has 0 bridgehead atoms. The number of anilines is 1. The molecule has 4 nitrogen and oxygen atoms in total. The van der Waals surface area contributed by atoms with Crippen LogP contribution in [0.4, 0.5) is 5.69 Å². The molecule has 0 spiro atoms. The number of carbonyl (C=O) groups excluding carboxylic acids is 1. The standard InChI is InChI=1S/C12H13N3OS/c1-8(5-11(14)17)12(16)15-10-4-2-3-9(6-10)7-13/h2-4,6,8H,5H2,1H3,(H2,14,17)(H,15,16). The molecule has 0 radical (unpaired) electrons. The van der Waals surface area contributed by atoms with E-state index in [0.717, 1.165) is 0 Å². The van der Waals surface area contributed by atoms with Crippen molar-refractivity contribution in [1.29, 1.82) is 5.26 Å². The van der Waals surface area contributed by atoms with Crippen LogP contribution in [0.25, 0.3) is 0 Å². The second-order valence-electron chi connectivity index (χ2n) is 3.75. The predicted octanol–water partition coefficient (Wildman–Crippen LogP) is 1.81. The van der Waals surface area contributed by atoms with Crippen LogP contribution >= 0.6 is 12.2 Å². The summed E-state index contributed by atoms with van der Waals surface area (Å²) in [6.07, 6.45) is 0.374. The lowest BCUT2D eigenvalue weighted by Crippen LogP contribution is -2.24. The number of hydrogen-bond acceptors (Lipinski definition) is 3. The molecule has 1 amide bonds. The summed E-state index contributed by atoms with van der Waals surface area (Å²) in [7, 11) is 0. The molecular weight excluding hydrogens is 234 g/mol. The molecule has 0 fully saturated rings. The smallest absolute Gasteiger partial charge is 0.227 e. The number of hydrogen-bond donors (Lipinski definition) is 2. The van der Waals surface area contributed by atoms with Crippen LogP contribution in [-0.2, 0) is 4.79 Å². The summed E-state index contributed by atoms with van der Waals surface area (Å²) in [4.78, 5) is 12.1. The van der Waals surface area contributed by atoms with Crippen LogP contribution in [0.1, 0.15) is 18.9 Å². The number of benzene rings is 1. The highest BCUT2D eigenvalue weighted by molar-refractivity contribution is 7.80. The first kappa shape index (κ1) is 13.1. The van der Waals surface area contributed by atoms with Gasteiger partial charge in [-0.15, -0.1) is 0 Å². The lowest BCUT2D eigenvalue weighted by Gasteiger charge is -2.11. The molecule has 0 heterocycles. The van der Waals surface area contributed by atoms with Crippen molar-refractivity contribution >= 4 is 28.8 Å². The van der Waals surface area contributed by atoms with E-state index < -0.39 is 0 Å². The quantitative estimate of drug-likeness (QED) is 0.795. The molecular formula is C12H13N3OS. The summed E-state index contributed by atoms with van der Waals surface area (Å²) in [6.45, 7) is 1.75. The number of nitrogens with one attached hydrogen (secondary N) is 1. The molecule has 17 heavy (non-hydrogen) atoms. The Hall–Kier alpha value is -1.93. The van der Waals surface area contributed by atoms with E-state index in [-0.39, 0.29) is 11.8 Å². The number of thiocarbonyl (C=S) groups is 1. The first-order valence-electron chi connectivity index (χ1n) is 5.12. The second kappa shape index (κ2) is 5.97. The minimum Gasteiger partial charge on any atom is -0.393 e. The van der Waals surface area contributed by atoms with Gasteiger partial charge in [-0.2, -0.15) is 5.26 Å². The number of amides is 1. The highest BCUT2D eigenvalue weighted by Crippen LogP contribution is 2.12. The van der Waals surface area contributed by atoms with Crippen LogP contribution in [0.5, 0.6) is 0 Å². The van der Waals surface area contributed by atoms with E-state index in [1.165, 1.54) is 0 Å². The molecule has 5 heteroatoms. The van der Waals surface area contributed by atoms with E-state index in [1.54, 1.807) is 31.2 Å². The Balaban J connectivity index is 2.68. The third-order valence-electron chi connectivity index (χ3n) is 2.21. The van der Waals surface area contributed by atoms with Gasteiger partial charge in [-0.1, -0.05) is 25.2 Å². The number of carbonyl (C=O) groups is 1. The summed E-state index contributed by atoms with van der Waals surface area (Å²) in [5.74, 6) is -0.439. The lowest BCUT2D eigenvalue weighted by atomic mass is 10.1. The van der Waals surface area contributed by atoms with Gasteiger partial charge in [0.15, 0.2) is 0 Å². The van der Waals surface area contributed by atoms with Gasteiger partial charge < -0.3 is 11.1 Å². The number of nitrogens with zero attached hydrogens (tertiary/aromatic N) is 1. The molecule has 1 unspecified atom stereocenters. The molecule has 0 aromatic heterocycles. The Labute approximate surface area is 105 Å². The van der Waals surface area contributed by atoms with E-state index in [4.69, 9.17) is 23.2 Å². The van der Waals surface area contributed by atoms with Crippen LogP contribution < -0.4 is 11.1 Å². The fourth-order valence-corrected chi connectivity index (χ4v) is 1.58. The predicted molar refractivity (Wildman–Crippen MR) is 70.4 cm³/mol. The average Bonchev–Trinajstić information content (AvgIpc) is 2.28. The molecule has 1 aromatic rings. The van der Waals surface area contributed by atoms with Crippen molar-refractivity contribution in [2.24, 2.45) is 11.7 Å². The Morgan fingerprint density at radius 1 is 1.65 bits per heavy atom. The Morgan fingerprint density at radius 3 is 2.94 bits per heavy atom. The molecule has 0 saturated heterocycles. The van der Waals surface area contributed by atoms with Gasteiger partial charge in [-0.25, -0.2) is 0 Å². The molecule has 0 saturated carbocycles. The normalized spacial score (nSPS) is 11.3. The maximum atomic E-state index is 11.7. The Bertz CT molecular complexity index is 479. The topological polar surface area (TPSA) is 78.9 Å². The molecule has 88 valence electrons. The van der Waals surface area contributed by atoms with E-state index >= 15 is 0 Å².